The molecule has 0 bridgehead atoms. The maximum absolute atomic E-state index is 4.99. The normalized spacial score (nSPS) is 9.62. The molecule has 0 aliphatic carbocycles. The second-order valence-electron chi connectivity index (χ2n) is 1.03. The molecule has 0 fully saturated rings. The molecule has 4 heteroatoms. The lowest BCUT2D eigenvalue weighted by Gasteiger charge is -1.88. The molecular weight excluding hydrogens is 124 g/mol. The van der Waals surface area contributed by atoms with Crippen LogP contribution in [-0.2, 0) is 4.74 Å². The van der Waals surface area contributed by atoms with Crippen LogP contribution < -0.4 is 5.73 Å². The van der Waals surface area contributed by atoms with Crippen molar-refractivity contribution in [1.82, 2.24) is 0 Å². The zero-order chi connectivity index (χ0) is 6.41. The van der Waals surface area contributed by atoms with E-state index in [1.54, 1.807) is 0 Å². The molecule has 0 spiro atoms. The average molecular weight is 132 g/mol. The molecule has 0 saturated heterocycles. The Morgan fingerprint density at radius 1 is 2.00 bits per heavy atom. The number of nitrogens with zero attached hydrogens (tertiary/aromatic N) is 1. The van der Waals surface area contributed by atoms with Gasteiger partial charge in [0.05, 0.1) is 6.61 Å². The Bertz CT molecular complexity index is 102. The summed E-state index contributed by atoms with van der Waals surface area (Å²) in [5.74, 6) is 0. The maximum atomic E-state index is 4.99. The molecule has 0 unspecified atom stereocenters. The first-order valence-corrected chi connectivity index (χ1v) is 2.61. The Labute approximate surface area is 53.5 Å². The summed E-state index contributed by atoms with van der Waals surface area (Å²) in [6.07, 6.45) is 1.24. The zero-order valence-electron chi connectivity index (χ0n) is 4.63. The standard InChI is InChI=1S/C4H8N2OS/c1-2-7-3-6-4(5)8/h3H,2H2,1H3,(H2,5,8)/b6-3+. The molecule has 3 nitrogen and oxygen atoms in total. The van der Waals surface area contributed by atoms with Gasteiger partial charge in [0.25, 0.3) is 0 Å². The van der Waals surface area contributed by atoms with Gasteiger partial charge in [-0.2, -0.15) is 4.99 Å². The number of hydrogen-bond donors (Lipinski definition) is 1. The van der Waals surface area contributed by atoms with Crippen LogP contribution in [0, 0.1) is 0 Å². The Balaban J connectivity index is 3.20. The molecule has 0 radical (unpaired) electrons. The van der Waals surface area contributed by atoms with Crippen LogP contribution >= 0.6 is 12.2 Å². The Hall–Kier alpha value is -0.640. The van der Waals surface area contributed by atoms with Crippen molar-refractivity contribution in [2.45, 2.75) is 6.92 Å². The summed E-state index contributed by atoms with van der Waals surface area (Å²) in [7, 11) is 0. The van der Waals surface area contributed by atoms with Crippen LogP contribution in [0.3, 0.4) is 0 Å². The van der Waals surface area contributed by atoms with E-state index >= 15 is 0 Å². The summed E-state index contributed by atoms with van der Waals surface area (Å²) in [4.78, 5) is 3.48. The first kappa shape index (κ1) is 7.36. The van der Waals surface area contributed by atoms with E-state index in [-0.39, 0.29) is 5.11 Å². The molecule has 0 aromatic rings. The summed E-state index contributed by atoms with van der Waals surface area (Å²) in [5.41, 5.74) is 4.99. The Kier molecular flexibility index (Phi) is 4.16. The molecule has 0 amide bonds. The Morgan fingerprint density at radius 2 is 2.62 bits per heavy atom. The van der Waals surface area contributed by atoms with Gasteiger partial charge in [-0.15, -0.1) is 0 Å². The third-order valence-electron chi connectivity index (χ3n) is 0.421. The monoisotopic (exact) mass is 132 g/mol. The van der Waals surface area contributed by atoms with Gasteiger partial charge >= 0.3 is 0 Å². The first-order valence-electron chi connectivity index (χ1n) is 2.21. The number of rotatable bonds is 2. The summed E-state index contributed by atoms with van der Waals surface area (Å²) >= 11 is 4.41. The fourth-order valence-corrected chi connectivity index (χ4v) is 0.207. The van der Waals surface area contributed by atoms with E-state index in [0.717, 1.165) is 0 Å². The lowest BCUT2D eigenvalue weighted by molar-refractivity contribution is 0.344. The number of thiocarbonyl (C=S) groups is 1. The van der Waals surface area contributed by atoms with Gasteiger partial charge in [0.2, 0.25) is 0 Å². The highest BCUT2D eigenvalue weighted by atomic mass is 32.1. The van der Waals surface area contributed by atoms with E-state index < -0.39 is 0 Å². The molecule has 0 rings (SSSR count). The predicted molar refractivity (Wildman–Crippen MR) is 36.9 cm³/mol. The fraction of sp³-hybridized carbons (Fsp3) is 0.500. The van der Waals surface area contributed by atoms with Gasteiger partial charge in [0.1, 0.15) is 0 Å². The van der Waals surface area contributed by atoms with Gasteiger partial charge in [0.15, 0.2) is 11.5 Å². The van der Waals surface area contributed by atoms with Crippen LogP contribution in [0.25, 0.3) is 0 Å². The molecule has 0 aromatic heterocycles. The van der Waals surface area contributed by atoms with Crippen LogP contribution in [0.15, 0.2) is 4.99 Å². The molecule has 0 aromatic carbocycles. The largest absolute Gasteiger partial charge is 0.483 e. The molecule has 0 atom stereocenters. The van der Waals surface area contributed by atoms with Crippen LogP contribution in [0.4, 0.5) is 0 Å². The van der Waals surface area contributed by atoms with Crippen molar-refractivity contribution in [3.8, 4) is 0 Å². The van der Waals surface area contributed by atoms with Gasteiger partial charge in [-0.3, -0.25) is 0 Å². The van der Waals surface area contributed by atoms with Gasteiger partial charge in [-0.25, -0.2) is 0 Å². The van der Waals surface area contributed by atoms with Crippen LogP contribution in [0.2, 0.25) is 0 Å². The second kappa shape index (κ2) is 4.52. The van der Waals surface area contributed by atoms with E-state index in [9.17, 15) is 0 Å². The maximum Gasteiger partial charge on any atom is 0.192 e. The van der Waals surface area contributed by atoms with Crippen molar-refractivity contribution < 1.29 is 4.74 Å². The molecule has 0 aliphatic heterocycles. The SMILES string of the molecule is CCO/C=N/C(N)=S. The smallest absolute Gasteiger partial charge is 0.192 e. The number of nitrogens with two attached hydrogens (primary N) is 1. The third-order valence-corrected chi connectivity index (χ3v) is 0.527. The fourth-order valence-electron chi connectivity index (χ4n) is 0.164. The first-order chi connectivity index (χ1) is 3.77. The highest BCUT2D eigenvalue weighted by Crippen LogP contribution is 1.68. The van der Waals surface area contributed by atoms with E-state index in [4.69, 9.17) is 5.73 Å². The average Bonchev–Trinajstić information content (AvgIpc) is 1.66. The number of aliphatic imine (C=N–C) groups is 1. The highest BCUT2D eigenvalue weighted by Gasteiger charge is 1.74. The second-order valence-corrected chi connectivity index (χ2v) is 1.45. The minimum atomic E-state index is 0.0958. The summed E-state index contributed by atoms with van der Waals surface area (Å²) in [6, 6.07) is 0. The Morgan fingerprint density at radius 3 is 3.00 bits per heavy atom. The predicted octanol–water partition coefficient (Wildman–Crippen LogP) is 0.295. The van der Waals surface area contributed by atoms with E-state index in [2.05, 4.69) is 21.9 Å². The molecule has 8 heavy (non-hydrogen) atoms. The van der Waals surface area contributed by atoms with Crippen molar-refractivity contribution in [1.29, 1.82) is 0 Å². The van der Waals surface area contributed by atoms with Gasteiger partial charge in [-0.05, 0) is 19.1 Å². The zero-order valence-corrected chi connectivity index (χ0v) is 5.44. The van der Waals surface area contributed by atoms with Crippen molar-refractivity contribution in [2.24, 2.45) is 10.7 Å². The molecule has 0 heterocycles. The van der Waals surface area contributed by atoms with Crippen LogP contribution in [0.5, 0.6) is 0 Å². The molecular formula is C4H8N2OS. The molecule has 0 saturated carbocycles. The number of hydrogen-bond acceptors (Lipinski definition) is 2. The molecule has 2 N–H and O–H groups in total. The highest BCUT2D eigenvalue weighted by molar-refractivity contribution is 7.80. The van der Waals surface area contributed by atoms with Crippen molar-refractivity contribution in [2.75, 3.05) is 6.61 Å². The third kappa shape index (κ3) is 5.36. The van der Waals surface area contributed by atoms with E-state index in [0.29, 0.717) is 6.61 Å². The van der Waals surface area contributed by atoms with Crippen molar-refractivity contribution in [3.63, 3.8) is 0 Å². The van der Waals surface area contributed by atoms with Crippen molar-refractivity contribution >= 4 is 23.7 Å². The van der Waals surface area contributed by atoms with E-state index in [1.807, 2.05) is 6.92 Å². The van der Waals surface area contributed by atoms with Gasteiger partial charge in [-0.1, -0.05) is 0 Å². The van der Waals surface area contributed by atoms with Gasteiger partial charge < -0.3 is 10.5 Å². The van der Waals surface area contributed by atoms with Crippen LogP contribution in [-0.4, -0.2) is 18.1 Å². The van der Waals surface area contributed by atoms with E-state index in [1.165, 1.54) is 6.40 Å². The van der Waals surface area contributed by atoms with Crippen LogP contribution in [0.1, 0.15) is 6.92 Å². The number of ether oxygens (including phenoxy) is 1. The lowest BCUT2D eigenvalue weighted by atomic mass is 10.9. The minimum Gasteiger partial charge on any atom is -0.483 e. The topological polar surface area (TPSA) is 47.6 Å². The summed E-state index contributed by atoms with van der Waals surface area (Å²) < 4.78 is 4.69. The van der Waals surface area contributed by atoms with Crippen molar-refractivity contribution in [3.05, 3.63) is 0 Å². The lowest BCUT2D eigenvalue weighted by Crippen LogP contribution is -2.04. The quantitative estimate of drug-likeness (QED) is 0.334. The molecule has 0 aliphatic rings. The van der Waals surface area contributed by atoms with Gasteiger partial charge in [0, 0.05) is 0 Å². The summed E-state index contributed by atoms with van der Waals surface area (Å²) in [5, 5.41) is 0.0958. The summed E-state index contributed by atoms with van der Waals surface area (Å²) in [6.45, 7) is 2.44. The molecule has 46 valence electrons. The minimum absolute atomic E-state index is 0.0958.